The molecule has 0 heterocycles. The van der Waals surface area contributed by atoms with Crippen molar-refractivity contribution < 1.29 is 13.2 Å². The number of aryl methyl sites for hydroxylation is 1. The molecule has 0 saturated carbocycles. The third-order valence-corrected chi connectivity index (χ3v) is 5.95. The summed E-state index contributed by atoms with van der Waals surface area (Å²) in [5.41, 5.74) is 1.77. The Morgan fingerprint density at radius 2 is 1.54 bits per heavy atom. The number of benzene rings is 3. The second-order valence-electron chi connectivity index (χ2n) is 5.78. The molecule has 1 amide bonds. The van der Waals surface area contributed by atoms with E-state index in [1.165, 1.54) is 30.3 Å². The maximum atomic E-state index is 12.7. The van der Waals surface area contributed by atoms with Crippen LogP contribution in [0.2, 0.25) is 5.02 Å². The predicted octanol–water partition coefficient (Wildman–Crippen LogP) is 4.73. The maximum Gasteiger partial charge on any atom is 0.257 e. The van der Waals surface area contributed by atoms with Gasteiger partial charge in [-0.15, -0.1) is 0 Å². The van der Waals surface area contributed by atoms with Crippen molar-refractivity contribution in [3.05, 3.63) is 88.9 Å². The molecule has 0 saturated heterocycles. The first-order valence-electron chi connectivity index (χ1n) is 7.85. The van der Waals surface area contributed by atoms with Gasteiger partial charge in [0.1, 0.15) is 0 Å². The van der Waals surface area contributed by atoms with Gasteiger partial charge in [0.15, 0.2) is 0 Å². The Kier molecular flexibility index (Phi) is 5.11. The monoisotopic (exact) mass is 385 g/mol. The lowest BCUT2D eigenvalue weighted by molar-refractivity contribution is 0.102. The minimum Gasteiger partial charge on any atom is -0.322 e. The van der Waals surface area contributed by atoms with Crippen LogP contribution >= 0.6 is 11.6 Å². The van der Waals surface area contributed by atoms with Crippen molar-refractivity contribution in [2.24, 2.45) is 0 Å². The summed E-state index contributed by atoms with van der Waals surface area (Å²) in [6.45, 7) is 1.94. The van der Waals surface area contributed by atoms with Gasteiger partial charge in [-0.2, -0.15) is 0 Å². The molecule has 0 fully saturated rings. The first-order valence-corrected chi connectivity index (χ1v) is 9.72. The molecule has 0 aliphatic rings. The summed E-state index contributed by atoms with van der Waals surface area (Å²) in [5, 5.41) is 2.91. The Hall–Kier alpha value is -2.63. The Morgan fingerprint density at radius 1 is 0.885 bits per heavy atom. The number of carbonyl (C=O) groups excluding carboxylic acids is 1. The number of anilines is 1. The van der Waals surface area contributed by atoms with Crippen molar-refractivity contribution in [3.8, 4) is 0 Å². The third-order valence-electron chi connectivity index (χ3n) is 3.86. The number of amides is 1. The Labute approximate surface area is 157 Å². The van der Waals surface area contributed by atoms with E-state index in [0.29, 0.717) is 5.69 Å². The van der Waals surface area contributed by atoms with Gasteiger partial charge in [-0.3, -0.25) is 4.79 Å². The molecule has 0 atom stereocenters. The van der Waals surface area contributed by atoms with Gasteiger partial charge in [0.2, 0.25) is 9.84 Å². The highest BCUT2D eigenvalue weighted by Crippen LogP contribution is 2.26. The van der Waals surface area contributed by atoms with Crippen LogP contribution in [0.1, 0.15) is 15.9 Å². The molecule has 4 nitrogen and oxygen atoms in total. The number of sulfone groups is 1. The van der Waals surface area contributed by atoms with Gasteiger partial charge >= 0.3 is 0 Å². The lowest BCUT2D eigenvalue weighted by Crippen LogP contribution is -2.13. The van der Waals surface area contributed by atoms with Crippen LogP contribution < -0.4 is 5.32 Å². The number of halogens is 1. The van der Waals surface area contributed by atoms with E-state index in [-0.39, 0.29) is 20.4 Å². The van der Waals surface area contributed by atoms with Crippen LogP contribution in [0.3, 0.4) is 0 Å². The lowest BCUT2D eigenvalue weighted by atomic mass is 10.2. The first-order chi connectivity index (χ1) is 12.4. The van der Waals surface area contributed by atoms with Gasteiger partial charge in [-0.25, -0.2) is 8.42 Å². The molecule has 0 unspecified atom stereocenters. The van der Waals surface area contributed by atoms with Gasteiger partial charge in [0.05, 0.1) is 20.4 Å². The molecule has 3 rings (SSSR count). The summed E-state index contributed by atoms with van der Waals surface area (Å²) in [7, 11) is -3.73. The summed E-state index contributed by atoms with van der Waals surface area (Å²) in [6.07, 6.45) is 0. The highest BCUT2D eigenvalue weighted by atomic mass is 35.5. The zero-order chi connectivity index (χ0) is 18.7. The average Bonchev–Trinajstić information content (AvgIpc) is 2.64. The second kappa shape index (κ2) is 7.32. The van der Waals surface area contributed by atoms with Gasteiger partial charge in [-0.1, -0.05) is 47.5 Å². The smallest absolute Gasteiger partial charge is 0.257 e. The fourth-order valence-corrected chi connectivity index (χ4v) is 3.93. The molecular formula is C20H16ClNO3S. The van der Waals surface area contributed by atoms with Gasteiger partial charge in [0, 0.05) is 5.69 Å². The number of rotatable bonds is 4. The van der Waals surface area contributed by atoms with Crippen molar-refractivity contribution in [1.82, 2.24) is 0 Å². The number of hydrogen-bond donors (Lipinski definition) is 1. The number of nitrogens with one attached hydrogen (secondary N) is 1. The quantitative estimate of drug-likeness (QED) is 0.705. The van der Waals surface area contributed by atoms with Crippen molar-refractivity contribution in [3.63, 3.8) is 0 Å². The zero-order valence-electron chi connectivity index (χ0n) is 13.9. The first kappa shape index (κ1) is 18.2. The van der Waals surface area contributed by atoms with Crippen molar-refractivity contribution in [2.45, 2.75) is 16.7 Å². The van der Waals surface area contributed by atoms with E-state index < -0.39 is 15.7 Å². The summed E-state index contributed by atoms with van der Waals surface area (Å²) in [4.78, 5) is 12.7. The molecule has 0 spiro atoms. The molecule has 1 N–H and O–H groups in total. The predicted molar refractivity (Wildman–Crippen MR) is 102 cm³/mol. The topological polar surface area (TPSA) is 63.2 Å². The number of hydrogen-bond acceptors (Lipinski definition) is 3. The Balaban J connectivity index is 1.95. The van der Waals surface area contributed by atoms with Gasteiger partial charge in [0.25, 0.3) is 5.91 Å². The third kappa shape index (κ3) is 3.79. The summed E-state index contributed by atoms with van der Waals surface area (Å²) < 4.78 is 25.5. The van der Waals surface area contributed by atoms with E-state index in [2.05, 4.69) is 5.32 Å². The van der Waals surface area contributed by atoms with Crippen molar-refractivity contribution in [1.29, 1.82) is 0 Å². The molecule has 0 bridgehead atoms. The minimum absolute atomic E-state index is 0.0159. The second-order valence-corrected chi connectivity index (χ2v) is 8.14. The van der Waals surface area contributed by atoms with E-state index in [4.69, 9.17) is 11.6 Å². The zero-order valence-corrected chi connectivity index (χ0v) is 15.5. The molecule has 0 aliphatic carbocycles. The molecule has 3 aromatic carbocycles. The molecule has 26 heavy (non-hydrogen) atoms. The highest BCUT2D eigenvalue weighted by molar-refractivity contribution is 7.91. The van der Waals surface area contributed by atoms with Crippen LogP contribution in [0, 0.1) is 6.92 Å². The Bertz CT molecular complexity index is 1050. The van der Waals surface area contributed by atoms with Crippen LogP contribution in [0.15, 0.2) is 82.6 Å². The summed E-state index contributed by atoms with van der Waals surface area (Å²) >= 11 is 6.12. The minimum atomic E-state index is -3.73. The lowest BCUT2D eigenvalue weighted by Gasteiger charge is -2.10. The van der Waals surface area contributed by atoms with Crippen LogP contribution in [-0.2, 0) is 9.84 Å². The maximum absolute atomic E-state index is 12.7. The van der Waals surface area contributed by atoms with E-state index in [0.717, 1.165) is 5.56 Å². The normalized spacial score (nSPS) is 11.2. The van der Waals surface area contributed by atoms with Crippen molar-refractivity contribution in [2.75, 3.05) is 5.32 Å². The largest absolute Gasteiger partial charge is 0.322 e. The average molecular weight is 386 g/mol. The van der Waals surface area contributed by atoms with E-state index in [1.54, 1.807) is 30.3 Å². The van der Waals surface area contributed by atoms with E-state index in [9.17, 15) is 13.2 Å². The molecular weight excluding hydrogens is 370 g/mol. The molecule has 0 aliphatic heterocycles. The van der Waals surface area contributed by atoms with Crippen molar-refractivity contribution >= 4 is 33.0 Å². The van der Waals surface area contributed by atoms with E-state index in [1.807, 2.05) is 19.1 Å². The molecule has 0 aromatic heterocycles. The van der Waals surface area contributed by atoms with Crippen LogP contribution in [-0.4, -0.2) is 14.3 Å². The number of carbonyl (C=O) groups is 1. The van der Waals surface area contributed by atoms with Crippen LogP contribution in [0.4, 0.5) is 5.69 Å². The SMILES string of the molecule is Cc1ccc(NC(=O)c2cc(S(=O)(=O)c3ccccc3)ccc2Cl)cc1. The van der Waals surface area contributed by atoms with Gasteiger partial charge < -0.3 is 5.32 Å². The van der Waals surface area contributed by atoms with E-state index >= 15 is 0 Å². The van der Waals surface area contributed by atoms with Gasteiger partial charge in [-0.05, 0) is 49.4 Å². The standard InChI is InChI=1S/C20H16ClNO3S/c1-14-7-9-15(10-8-14)22-20(23)18-13-17(11-12-19(18)21)26(24,25)16-5-3-2-4-6-16/h2-13H,1H3,(H,22,23). The fourth-order valence-electron chi connectivity index (χ4n) is 2.42. The molecule has 3 aromatic rings. The fraction of sp³-hybridized carbons (Fsp3) is 0.0500. The molecule has 132 valence electrons. The van der Waals surface area contributed by atoms with Crippen LogP contribution in [0.25, 0.3) is 0 Å². The molecule has 0 radical (unpaired) electrons. The Morgan fingerprint density at radius 3 is 2.19 bits per heavy atom. The van der Waals surface area contributed by atoms with Crippen LogP contribution in [0.5, 0.6) is 0 Å². The molecule has 6 heteroatoms. The highest BCUT2D eigenvalue weighted by Gasteiger charge is 2.20. The summed E-state index contributed by atoms with van der Waals surface area (Å²) in [5.74, 6) is -0.469. The summed E-state index contributed by atoms with van der Waals surface area (Å²) in [6, 6.07) is 19.4.